The van der Waals surface area contributed by atoms with Crippen LogP contribution in [-0.2, 0) is 20.0 Å². The number of rotatable bonds is 6. The number of sulfonamides is 2. The van der Waals surface area contributed by atoms with Gasteiger partial charge in [-0.1, -0.05) is 12.1 Å². The largest absolute Gasteiger partial charge is 0.280 e. The van der Waals surface area contributed by atoms with Crippen molar-refractivity contribution in [1.82, 2.24) is 4.72 Å². The molecular weight excluding hydrogens is 355 g/mol. The normalized spacial score (nSPS) is 15.2. The Morgan fingerprint density at radius 2 is 1.50 bits per heavy atom. The summed E-state index contributed by atoms with van der Waals surface area (Å²) in [7, 11) is -7.80. The molecule has 2 N–H and O–H groups in total. The van der Waals surface area contributed by atoms with Crippen molar-refractivity contribution < 1.29 is 21.2 Å². The van der Waals surface area contributed by atoms with Gasteiger partial charge < -0.3 is 0 Å². The predicted octanol–water partition coefficient (Wildman–Crippen LogP) is 2.07. The molecule has 3 rings (SSSR count). The fourth-order valence-electron chi connectivity index (χ4n) is 2.06. The summed E-state index contributed by atoms with van der Waals surface area (Å²) in [5, 5.41) is 0. The maximum Gasteiger partial charge on any atom is 0.261 e. The maximum atomic E-state index is 13.2. The van der Waals surface area contributed by atoms with Gasteiger partial charge in [0.1, 0.15) is 5.82 Å². The standard InChI is InChI=1S/C15H15FN2O4S2/c16-11-3-1-4-13(9-11)18-24(21,22)15-6-2-5-14(10-15)23(19,20)17-12-7-8-12/h1-6,9-10,12,17-18H,7-8H2. The van der Waals surface area contributed by atoms with Gasteiger partial charge in [0.15, 0.2) is 0 Å². The average Bonchev–Trinajstić information content (AvgIpc) is 3.30. The molecule has 2 aromatic rings. The van der Waals surface area contributed by atoms with Crippen LogP contribution in [-0.4, -0.2) is 22.9 Å². The molecule has 128 valence electrons. The van der Waals surface area contributed by atoms with Gasteiger partial charge in [-0.15, -0.1) is 0 Å². The van der Waals surface area contributed by atoms with Crippen LogP contribution in [0.2, 0.25) is 0 Å². The van der Waals surface area contributed by atoms with Gasteiger partial charge in [-0.3, -0.25) is 4.72 Å². The summed E-state index contributed by atoms with van der Waals surface area (Å²) in [4.78, 5) is -0.345. The summed E-state index contributed by atoms with van der Waals surface area (Å²) in [6.07, 6.45) is 1.55. The molecule has 0 heterocycles. The van der Waals surface area contributed by atoms with Gasteiger partial charge in [0.25, 0.3) is 10.0 Å². The molecule has 0 aromatic heterocycles. The molecule has 0 unspecified atom stereocenters. The SMILES string of the molecule is O=S(=O)(Nc1cccc(F)c1)c1cccc(S(=O)(=O)NC2CC2)c1. The van der Waals surface area contributed by atoms with Crippen LogP contribution in [0, 0.1) is 5.82 Å². The fourth-order valence-corrected chi connectivity index (χ4v) is 4.58. The zero-order valence-electron chi connectivity index (χ0n) is 12.4. The number of nitrogens with one attached hydrogen (secondary N) is 2. The van der Waals surface area contributed by atoms with Crippen molar-refractivity contribution in [2.75, 3.05) is 4.72 Å². The van der Waals surface area contributed by atoms with E-state index in [1.54, 1.807) is 0 Å². The lowest BCUT2D eigenvalue weighted by Gasteiger charge is -2.10. The smallest absolute Gasteiger partial charge is 0.261 e. The first-order chi connectivity index (χ1) is 11.3. The molecule has 2 aromatic carbocycles. The van der Waals surface area contributed by atoms with Crippen molar-refractivity contribution in [2.45, 2.75) is 28.7 Å². The minimum absolute atomic E-state index is 0.0550. The predicted molar refractivity (Wildman–Crippen MR) is 87.0 cm³/mol. The van der Waals surface area contributed by atoms with E-state index < -0.39 is 25.9 Å². The lowest BCUT2D eigenvalue weighted by Crippen LogP contribution is -2.26. The molecular formula is C15H15FN2O4S2. The molecule has 0 radical (unpaired) electrons. The zero-order valence-corrected chi connectivity index (χ0v) is 14.1. The highest BCUT2D eigenvalue weighted by molar-refractivity contribution is 7.93. The Bertz CT molecular complexity index is 970. The van der Waals surface area contributed by atoms with Gasteiger partial charge in [0.05, 0.1) is 15.5 Å². The Kier molecular flexibility index (Phi) is 4.33. The zero-order chi connectivity index (χ0) is 17.4. The Labute approximate surface area is 139 Å². The van der Waals surface area contributed by atoms with Crippen LogP contribution in [0.1, 0.15) is 12.8 Å². The molecule has 1 fully saturated rings. The lowest BCUT2D eigenvalue weighted by molar-refractivity contribution is 0.580. The van der Waals surface area contributed by atoms with E-state index in [4.69, 9.17) is 0 Å². The fraction of sp³-hybridized carbons (Fsp3) is 0.200. The maximum absolute atomic E-state index is 13.2. The summed E-state index contributed by atoms with van der Waals surface area (Å²) < 4.78 is 67.0. The average molecular weight is 370 g/mol. The van der Waals surface area contributed by atoms with Crippen LogP contribution in [0.5, 0.6) is 0 Å². The van der Waals surface area contributed by atoms with E-state index in [0.29, 0.717) is 0 Å². The third-order valence-corrected chi connectivity index (χ3v) is 6.30. The minimum atomic E-state index is -4.03. The van der Waals surface area contributed by atoms with Gasteiger partial charge in [-0.25, -0.2) is 25.9 Å². The van der Waals surface area contributed by atoms with Crippen molar-refractivity contribution >= 4 is 25.7 Å². The van der Waals surface area contributed by atoms with Crippen LogP contribution in [0.25, 0.3) is 0 Å². The van der Waals surface area contributed by atoms with Crippen molar-refractivity contribution in [3.63, 3.8) is 0 Å². The van der Waals surface area contributed by atoms with Gasteiger partial charge in [-0.2, -0.15) is 0 Å². The molecule has 0 amide bonds. The first kappa shape index (κ1) is 16.9. The summed E-state index contributed by atoms with van der Waals surface area (Å²) in [5.41, 5.74) is 0.0550. The molecule has 24 heavy (non-hydrogen) atoms. The molecule has 9 heteroatoms. The number of hydrogen-bond acceptors (Lipinski definition) is 4. The van der Waals surface area contributed by atoms with E-state index in [-0.39, 0.29) is 21.5 Å². The second-order valence-electron chi connectivity index (χ2n) is 5.49. The topological polar surface area (TPSA) is 92.3 Å². The molecule has 0 atom stereocenters. The Morgan fingerprint density at radius 1 is 0.875 bits per heavy atom. The van der Waals surface area contributed by atoms with Gasteiger partial charge in [0.2, 0.25) is 10.0 Å². The van der Waals surface area contributed by atoms with Gasteiger partial charge >= 0.3 is 0 Å². The number of halogens is 1. The van der Waals surface area contributed by atoms with Gasteiger partial charge in [-0.05, 0) is 49.2 Å². The number of benzene rings is 2. The molecule has 0 bridgehead atoms. The van der Waals surface area contributed by atoms with Crippen LogP contribution in [0.15, 0.2) is 58.3 Å². The Balaban J connectivity index is 1.89. The van der Waals surface area contributed by atoms with Crippen molar-refractivity contribution in [3.05, 3.63) is 54.3 Å². The van der Waals surface area contributed by atoms with E-state index >= 15 is 0 Å². The summed E-state index contributed by atoms with van der Waals surface area (Å²) in [6, 6.07) is 9.93. The summed E-state index contributed by atoms with van der Waals surface area (Å²) >= 11 is 0. The van der Waals surface area contributed by atoms with E-state index in [0.717, 1.165) is 25.0 Å². The molecule has 0 aliphatic heterocycles. The molecule has 1 aliphatic carbocycles. The molecule has 0 spiro atoms. The van der Waals surface area contributed by atoms with Crippen molar-refractivity contribution in [2.24, 2.45) is 0 Å². The first-order valence-electron chi connectivity index (χ1n) is 7.17. The second-order valence-corrected chi connectivity index (χ2v) is 8.88. The summed E-state index contributed by atoms with van der Waals surface area (Å²) in [6.45, 7) is 0. The van der Waals surface area contributed by atoms with Crippen LogP contribution >= 0.6 is 0 Å². The van der Waals surface area contributed by atoms with E-state index in [1.807, 2.05) is 0 Å². The van der Waals surface area contributed by atoms with Gasteiger partial charge in [0, 0.05) is 6.04 Å². The van der Waals surface area contributed by atoms with E-state index in [1.165, 1.54) is 36.4 Å². The van der Waals surface area contributed by atoms with Crippen LogP contribution < -0.4 is 9.44 Å². The van der Waals surface area contributed by atoms with Crippen LogP contribution in [0.3, 0.4) is 0 Å². The molecule has 6 nitrogen and oxygen atoms in total. The van der Waals surface area contributed by atoms with Crippen molar-refractivity contribution in [1.29, 1.82) is 0 Å². The number of hydrogen-bond donors (Lipinski definition) is 2. The first-order valence-corrected chi connectivity index (χ1v) is 10.1. The Hall–Kier alpha value is -1.97. The second kappa shape index (κ2) is 6.15. The highest BCUT2D eigenvalue weighted by Gasteiger charge is 2.28. The molecule has 0 saturated heterocycles. The summed E-state index contributed by atoms with van der Waals surface area (Å²) in [5.74, 6) is -0.583. The highest BCUT2D eigenvalue weighted by Crippen LogP contribution is 2.24. The minimum Gasteiger partial charge on any atom is -0.280 e. The third-order valence-electron chi connectivity index (χ3n) is 3.40. The highest BCUT2D eigenvalue weighted by atomic mass is 32.2. The van der Waals surface area contributed by atoms with E-state index in [2.05, 4.69) is 9.44 Å². The lowest BCUT2D eigenvalue weighted by atomic mass is 10.3. The molecule has 1 aliphatic rings. The monoisotopic (exact) mass is 370 g/mol. The quantitative estimate of drug-likeness (QED) is 0.814. The Morgan fingerprint density at radius 3 is 2.12 bits per heavy atom. The van der Waals surface area contributed by atoms with Crippen molar-refractivity contribution in [3.8, 4) is 0 Å². The number of anilines is 1. The third kappa shape index (κ3) is 3.92. The van der Waals surface area contributed by atoms with Crippen LogP contribution in [0.4, 0.5) is 10.1 Å². The molecule has 1 saturated carbocycles. The van der Waals surface area contributed by atoms with E-state index in [9.17, 15) is 21.2 Å².